The molecule has 3 aromatic rings. The minimum atomic E-state index is -0.264. The average Bonchev–Trinajstić information content (AvgIpc) is 3.17. The van der Waals surface area contributed by atoms with E-state index in [1.807, 2.05) is 18.2 Å². The summed E-state index contributed by atoms with van der Waals surface area (Å²) < 4.78 is 12.7. The second-order valence-corrected chi connectivity index (χ2v) is 5.87. The zero-order chi connectivity index (χ0) is 19.1. The van der Waals surface area contributed by atoms with Gasteiger partial charge in [0.2, 0.25) is 5.91 Å². The number of nitrogens with one attached hydrogen (secondary N) is 1. The highest BCUT2D eigenvalue weighted by Crippen LogP contribution is 2.28. The van der Waals surface area contributed by atoms with Gasteiger partial charge in [0.15, 0.2) is 17.1 Å². The highest BCUT2D eigenvalue weighted by Gasteiger charge is 2.06. The largest absolute Gasteiger partial charge is 0.493 e. The molecule has 2 aromatic heterocycles. The highest BCUT2D eigenvalue weighted by atomic mass is 16.5. The fourth-order valence-corrected chi connectivity index (χ4v) is 2.50. The van der Waals surface area contributed by atoms with Gasteiger partial charge in [-0.05, 0) is 36.3 Å². The van der Waals surface area contributed by atoms with E-state index in [4.69, 9.17) is 9.47 Å². The second-order valence-electron chi connectivity index (χ2n) is 5.87. The van der Waals surface area contributed by atoms with Crippen LogP contribution in [0.3, 0.4) is 0 Å². The Kier molecular flexibility index (Phi) is 6.04. The molecule has 2 heterocycles. The van der Waals surface area contributed by atoms with Crippen molar-refractivity contribution < 1.29 is 14.3 Å². The summed E-state index contributed by atoms with van der Waals surface area (Å²) in [5.74, 6) is 1.63. The van der Waals surface area contributed by atoms with Crippen molar-refractivity contribution in [3.8, 4) is 11.5 Å². The molecule has 140 valence electrons. The quantitative estimate of drug-likeness (QED) is 0.487. The molecular weight excluding hydrogens is 344 g/mol. The van der Waals surface area contributed by atoms with Gasteiger partial charge in [-0.1, -0.05) is 19.4 Å². The number of fused-ring (bicyclic) bond motifs is 1. The van der Waals surface area contributed by atoms with Crippen molar-refractivity contribution in [1.29, 1.82) is 0 Å². The molecule has 27 heavy (non-hydrogen) atoms. The summed E-state index contributed by atoms with van der Waals surface area (Å²) in [7, 11) is 1.60. The van der Waals surface area contributed by atoms with Gasteiger partial charge in [-0.25, -0.2) is 4.98 Å². The van der Waals surface area contributed by atoms with Gasteiger partial charge in [0.05, 0.1) is 19.9 Å². The fraction of sp³-hybridized carbons (Fsp3) is 0.250. The first-order chi connectivity index (χ1) is 13.2. The molecular formula is C20H22N4O3. The third-order valence-corrected chi connectivity index (χ3v) is 3.91. The Balaban J connectivity index is 1.67. The van der Waals surface area contributed by atoms with Gasteiger partial charge >= 0.3 is 0 Å². The number of hydrogen-bond acceptors (Lipinski definition) is 5. The molecule has 0 unspecified atom stereocenters. The summed E-state index contributed by atoms with van der Waals surface area (Å²) in [4.78, 5) is 16.4. The number of amides is 1. The van der Waals surface area contributed by atoms with Crippen LogP contribution in [0.5, 0.6) is 11.5 Å². The molecule has 3 rings (SSSR count). The number of ether oxygens (including phenoxy) is 2. The van der Waals surface area contributed by atoms with Crippen LogP contribution < -0.4 is 14.8 Å². The van der Waals surface area contributed by atoms with E-state index >= 15 is 0 Å². The molecule has 0 atom stereocenters. The molecule has 0 aliphatic rings. The van der Waals surface area contributed by atoms with Crippen molar-refractivity contribution in [1.82, 2.24) is 14.6 Å². The van der Waals surface area contributed by atoms with E-state index in [1.165, 1.54) is 6.08 Å². The van der Waals surface area contributed by atoms with Gasteiger partial charge in [0, 0.05) is 18.3 Å². The minimum Gasteiger partial charge on any atom is -0.493 e. The summed E-state index contributed by atoms with van der Waals surface area (Å²) >= 11 is 0. The number of aromatic nitrogens is 3. The summed E-state index contributed by atoms with van der Waals surface area (Å²) in [6.07, 6.45) is 8.49. The van der Waals surface area contributed by atoms with Gasteiger partial charge < -0.3 is 14.8 Å². The van der Waals surface area contributed by atoms with Crippen molar-refractivity contribution in [2.75, 3.05) is 19.0 Å². The Labute approximate surface area is 157 Å². The number of carbonyl (C=O) groups is 1. The predicted octanol–water partition coefficient (Wildman–Crippen LogP) is 3.57. The lowest BCUT2D eigenvalue weighted by molar-refractivity contribution is -0.111. The number of benzene rings is 1. The smallest absolute Gasteiger partial charge is 0.249 e. The molecule has 7 nitrogen and oxygen atoms in total. The van der Waals surface area contributed by atoms with Crippen LogP contribution in [0.1, 0.15) is 25.3 Å². The molecule has 0 aliphatic heterocycles. The lowest BCUT2D eigenvalue weighted by Gasteiger charge is -2.11. The van der Waals surface area contributed by atoms with Crippen LogP contribution in [0, 0.1) is 0 Å². The molecule has 0 saturated carbocycles. The topological polar surface area (TPSA) is 77.8 Å². The summed E-state index contributed by atoms with van der Waals surface area (Å²) in [6.45, 7) is 2.77. The fourth-order valence-electron chi connectivity index (χ4n) is 2.50. The Hall–Kier alpha value is -3.35. The molecule has 1 aromatic carbocycles. The first-order valence-electron chi connectivity index (χ1n) is 8.80. The molecule has 0 bridgehead atoms. The standard InChI is InChI=1S/C20H22N4O3/c1-3-4-13-27-16-7-5-15(14-17(16)26-2)6-8-20(25)23-19-9-11-21-18-10-12-22-24(18)19/h5-12,14H,3-4,13H2,1-2H3,(H,23,25)/b8-6+. The second kappa shape index (κ2) is 8.84. The van der Waals surface area contributed by atoms with E-state index in [0.29, 0.717) is 29.6 Å². The Morgan fingerprint density at radius 3 is 2.93 bits per heavy atom. The average molecular weight is 366 g/mol. The molecule has 1 N–H and O–H groups in total. The first kappa shape index (κ1) is 18.4. The van der Waals surface area contributed by atoms with E-state index in [0.717, 1.165) is 18.4 Å². The first-order valence-corrected chi connectivity index (χ1v) is 8.80. The van der Waals surface area contributed by atoms with Crippen molar-refractivity contribution in [3.05, 3.63) is 54.4 Å². The van der Waals surface area contributed by atoms with Crippen LogP contribution in [0.25, 0.3) is 11.7 Å². The Morgan fingerprint density at radius 1 is 1.22 bits per heavy atom. The van der Waals surface area contributed by atoms with E-state index < -0.39 is 0 Å². The number of anilines is 1. The van der Waals surface area contributed by atoms with Crippen LogP contribution in [0.15, 0.2) is 48.8 Å². The number of rotatable bonds is 8. The van der Waals surface area contributed by atoms with Crippen LogP contribution in [-0.4, -0.2) is 34.2 Å². The van der Waals surface area contributed by atoms with E-state index in [-0.39, 0.29) is 5.91 Å². The van der Waals surface area contributed by atoms with Gasteiger partial charge in [-0.3, -0.25) is 4.79 Å². The zero-order valence-corrected chi connectivity index (χ0v) is 15.4. The molecule has 0 spiro atoms. The summed E-state index contributed by atoms with van der Waals surface area (Å²) in [5, 5.41) is 6.93. The predicted molar refractivity (Wildman–Crippen MR) is 104 cm³/mol. The van der Waals surface area contributed by atoms with Gasteiger partial charge in [-0.15, -0.1) is 0 Å². The monoisotopic (exact) mass is 366 g/mol. The summed E-state index contributed by atoms with van der Waals surface area (Å²) in [6, 6.07) is 9.02. The third-order valence-electron chi connectivity index (χ3n) is 3.91. The van der Waals surface area contributed by atoms with Gasteiger partial charge in [0.1, 0.15) is 5.82 Å². The number of nitrogens with zero attached hydrogens (tertiary/aromatic N) is 3. The van der Waals surface area contributed by atoms with E-state index in [2.05, 4.69) is 22.3 Å². The van der Waals surface area contributed by atoms with Gasteiger partial charge in [0.25, 0.3) is 0 Å². The van der Waals surface area contributed by atoms with Crippen molar-refractivity contribution >= 4 is 23.4 Å². The molecule has 0 aliphatic carbocycles. The van der Waals surface area contributed by atoms with Crippen molar-refractivity contribution in [2.24, 2.45) is 0 Å². The Bertz CT molecular complexity index is 949. The maximum absolute atomic E-state index is 12.2. The molecule has 0 radical (unpaired) electrons. The third kappa shape index (κ3) is 4.63. The lowest BCUT2D eigenvalue weighted by atomic mass is 10.2. The molecule has 0 fully saturated rings. The van der Waals surface area contributed by atoms with E-state index in [1.54, 1.807) is 42.2 Å². The summed E-state index contributed by atoms with van der Waals surface area (Å²) in [5.41, 5.74) is 1.50. The van der Waals surface area contributed by atoms with E-state index in [9.17, 15) is 4.79 Å². The number of unbranched alkanes of at least 4 members (excludes halogenated alkanes) is 1. The Morgan fingerprint density at radius 2 is 2.11 bits per heavy atom. The van der Waals surface area contributed by atoms with Gasteiger partial charge in [-0.2, -0.15) is 9.61 Å². The lowest BCUT2D eigenvalue weighted by Crippen LogP contribution is -2.11. The number of methoxy groups -OCH3 is 1. The highest BCUT2D eigenvalue weighted by molar-refractivity contribution is 6.01. The van der Waals surface area contributed by atoms with Crippen molar-refractivity contribution in [3.63, 3.8) is 0 Å². The maximum Gasteiger partial charge on any atom is 0.249 e. The SMILES string of the molecule is CCCCOc1ccc(/C=C/C(=O)Nc2ccnc3ccnn23)cc1OC. The van der Waals surface area contributed by atoms with Crippen LogP contribution in [-0.2, 0) is 4.79 Å². The van der Waals surface area contributed by atoms with Crippen LogP contribution >= 0.6 is 0 Å². The maximum atomic E-state index is 12.2. The minimum absolute atomic E-state index is 0.264. The molecule has 0 saturated heterocycles. The van der Waals surface area contributed by atoms with Crippen LogP contribution in [0.4, 0.5) is 5.82 Å². The van der Waals surface area contributed by atoms with Crippen molar-refractivity contribution in [2.45, 2.75) is 19.8 Å². The van der Waals surface area contributed by atoms with Crippen LogP contribution in [0.2, 0.25) is 0 Å². The molecule has 1 amide bonds. The number of carbonyl (C=O) groups excluding carboxylic acids is 1. The number of hydrogen-bond donors (Lipinski definition) is 1. The normalized spacial score (nSPS) is 11.0. The molecule has 7 heteroatoms. The zero-order valence-electron chi connectivity index (χ0n) is 15.4.